The first-order valence-corrected chi connectivity index (χ1v) is 8.52. The molecule has 2 atom stereocenters. The van der Waals surface area contributed by atoms with E-state index in [1.807, 2.05) is 20.8 Å². The van der Waals surface area contributed by atoms with Gasteiger partial charge in [-0.1, -0.05) is 13.8 Å². The fraction of sp³-hybridized carbons (Fsp3) is 0.562. The molecule has 0 spiro atoms. The average molecular weight is 309 g/mol. The van der Waals surface area contributed by atoms with Crippen molar-refractivity contribution in [3.8, 4) is 0 Å². The second-order valence-electron chi connectivity index (χ2n) is 6.17. The minimum absolute atomic E-state index is 0.0530. The molecule has 1 fully saturated rings. The maximum absolute atomic E-state index is 12.3. The summed E-state index contributed by atoms with van der Waals surface area (Å²) in [6.45, 7) is 5.63. The monoisotopic (exact) mass is 309 g/mol. The molecule has 4 nitrogen and oxygen atoms in total. The highest BCUT2D eigenvalue weighted by molar-refractivity contribution is 7.85. The van der Waals surface area contributed by atoms with Gasteiger partial charge < -0.3 is 10.4 Å². The van der Waals surface area contributed by atoms with Crippen LogP contribution in [0.15, 0.2) is 29.2 Å². The Bertz CT molecular complexity index is 537. The zero-order valence-electron chi connectivity index (χ0n) is 12.8. The summed E-state index contributed by atoms with van der Waals surface area (Å²) in [5.74, 6) is 0.166. The third-order valence-electron chi connectivity index (χ3n) is 3.98. The van der Waals surface area contributed by atoms with Crippen molar-refractivity contribution in [3.05, 3.63) is 29.8 Å². The Hall–Kier alpha value is -1.20. The highest BCUT2D eigenvalue weighted by Crippen LogP contribution is 2.39. The lowest BCUT2D eigenvalue weighted by Crippen LogP contribution is -2.50. The van der Waals surface area contributed by atoms with E-state index in [1.165, 1.54) is 0 Å². The van der Waals surface area contributed by atoms with Crippen molar-refractivity contribution in [2.24, 2.45) is 5.92 Å². The van der Waals surface area contributed by atoms with Gasteiger partial charge in [-0.05, 0) is 49.9 Å². The minimum Gasteiger partial charge on any atom is -0.394 e. The molecule has 1 amide bonds. The lowest BCUT2D eigenvalue weighted by molar-refractivity contribution is 0.0824. The predicted molar refractivity (Wildman–Crippen MR) is 83.7 cm³/mol. The molecule has 1 aliphatic carbocycles. The van der Waals surface area contributed by atoms with E-state index in [-0.39, 0.29) is 17.8 Å². The number of nitrogens with one attached hydrogen (secondary N) is 1. The molecule has 5 heteroatoms. The first-order chi connectivity index (χ1) is 9.87. The third-order valence-corrected chi connectivity index (χ3v) is 5.58. The number of carbonyl (C=O) groups is 1. The van der Waals surface area contributed by atoms with Crippen LogP contribution in [0.4, 0.5) is 0 Å². The molecule has 2 N–H and O–H groups in total. The predicted octanol–water partition coefficient (Wildman–Crippen LogP) is 2.09. The lowest BCUT2D eigenvalue weighted by atomic mass is 9.96. The van der Waals surface area contributed by atoms with Crippen LogP contribution in [-0.2, 0) is 10.8 Å². The van der Waals surface area contributed by atoms with Crippen LogP contribution in [0.2, 0.25) is 0 Å². The molecule has 0 bridgehead atoms. The standard InChI is InChI=1S/C16H23NO3S/c1-11(2)21(20)14-8-4-12(5-9-14)15(19)17-16(3,10-18)13-6-7-13/h4-5,8-9,11,13,18H,6-7,10H2,1-3H3,(H,17,19). The van der Waals surface area contributed by atoms with Gasteiger partial charge in [0, 0.05) is 15.7 Å². The molecule has 21 heavy (non-hydrogen) atoms. The van der Waals surface area contributed by atoms with Crippen LogP contribution < -0.4 is 5.32 Å². The molecule has 1 aromatic carbocycles. The molecule has 1 saturated carbocycles. The van der Waals surface area contributed by atoms with Crippen LogP contribution in [0.5, 0.6) is 0 Å². The largest absolute Gasteiger partial charge is 0.394 e. The summed E-state index contributed by atoms with van der Waals surface area (Å²) in [4.78, 5) is 13.0. The zero-order valence-corrected chi connectivity index (χ0v) is 13.6. The normalized spacial score (nSPS) is 19.1. The Kier molecular flexibility index (Phi) is 4.84. The van der Waals surface area contributed by atoms with Crippen molar-refractivity contribution >= 4 is 16.7 Å². The molecule has 0 saturated heterocycles. The fourth-order valence-electron chi connectivity index (χ4n) is 2.34. The van der Waals surface area contributed by atoms with Crippen molar-refractivity contribution in [3.63, 3.8) is 0 Å². The summed E-state index contributed by atoms with van der Waals surface area (Å²) in [5.41, 5.74) is -0.0175. The number of aliphatic hydroxyl groups excluding tert-OH is 1. The van der Waals surface area contributed by atoms with Gasteiger partial charge in [0.25, 0.3) is 5.91 Å². The van der Waals surface area contributed by atoms with E-state index in [1.54, 1.807) is 24.3 Å². The molecular formula is C16H23NO3S. The first-order valence-electron chi connectivity index (χ1n) is 7.31. The molecule has 0 heterocycles. The second-order valence-corrected chi connectivity index (χ2v) is 8.18. The van der Waals surface area contributed by atoms with Crippen LogP contribution in [-0.4, -0.2) is 32.6 Å². The number of benzene rings is 1. The van der Waals surface area contributed by atoms with Crippen molar-refractivity contribution in [1.29, 1.82) is 0 Å². The molecule has 1 aliphatic rings. The maximum atomic E-state index is 12.3. The highest BCUT2D eigenvalue weighted by atomic mass is 32.2. The van der Waals surface area contributed by atoms with Gasteiger partial charge in [0.15, 0.2) is 0 Å². The topological polar surface area (TPSA) is 66.4 Å². The van der Waals surface area contributed by atoms with E-state index in [4.69, 9.17) is 0 Å². The van der Waals surface area contributed by atoms with Crippen molar-refractivity contribution in [1.82, 2.24) is 5.32 Å². The Balaban J connectivity index is 2.08. The second kappa shape index (κ2) is 6.28. The molecule has 0 radical (unpaired) electrons. The number of amides is 1. The van der Waals surface area contributed by atoms with Crippen LogP contribution in [0.3, 0.4) is 0 Å². The van der Waals surface area contributed by atoms with E-state index in [0.29, 0.717) is 11.5 Å². The summed E-state index contributed by atoms with van der Waals surface area (Å²) in [7, 11) is -1.05. The molecule has 0 aliphatic heterocycles. The summed E-state index contributed by atoms with van der Waals surface area (Å²) >= 11 is 0. The fourth-order valence-corrected chi connectivity index (χ4v) is 3.28. The van der Waals surface area contributed by atoms with Crippen LogP contribution in [0.25, 0.3) is 0 Å². The van der Waals surface area contributed by atoms with Gasteiger partial charge in [-0.15, -0.1) is 0 Å². The number of hydrogen-bond donors (Lipinski definition) is 2. The van der Waals surface area contributed by atoms with E-state index in [2.05, 4.69) is 5.32 Å². The molecular weight excluding hydrogens is 286 g/mol. The van der Waals surface area contributed by atoms with Crippen molar-refractivity contribution in [2.75, 3.05) is 6.61 Å². The van der Waals surface area contributed by atoms with E-state index in [9.17, 15) is 14.1 Å². The average Bonchev–Trinajstić information content (AvgIpc) is 3.31. The van der Waals surface area contributed by atoms with E-state index < -0.39 is 16.3 Å². The molecule has 116 valence electrons. The van der Waals surface area contributed by atoms with Gasteiger partial charge in [-0.3, -0.25) is 9.00 Å². The number of hydrogen-bond acceptors (Lipinski definition) is 3. The summed E-state index contributed by atoms with van der Waals surface area (Å²) in [6.07, 6.45) is 2.09. The molecule has 2 rings (SSSR count). The van der Waals surface area contributed by atoms with Crippen LogP contribution >= 0.6 is 0 Å². The number of carbonyl (C=O) groups excluding carboxylic acids is 1. The molecule has 1 aromatic rings. The van der Waals surface area contributed by atoms with Gasteiger partial charge in [-0.25, -0.2) is 0 Å². The summed E-state index contributed by atoms with van der Waals surface area (Å²) in [5, 5.41) is 12.5. The quantitative estimate of drug-likeness (QED) is 0.845. The van der Waals surface area contributed by atoms with E-state index >= 15 is 0 Å². The molecule has 2 unspecified atom stereocenters. The Morgan fingerprint density at radius 1 is 1.38 bits per heavy atom. The van der Waals surface area contributed by atoms with Gasteiger partial charge in [0.05, 0.1) is 22.9 Å². The van der Waals surface area contributed by atoms with Gasteiger partial charge in [-0.2, -0.15) is 0 Å². The van der Waals surface area contributed by atoms with Crippen LogP contribution in [0, 0.1) is 5.92 Å². The summed E-state index contributed by atoms with van der Waals surface area (Å²) < 4.78 is 12.0. The van der Waals surface area contributed by atoms with Gasteiger partial charge in [0.1, 0.15) is 0 Å². The number of rotatable bonds is 6. The first kappa shape index (κ1) is 16.2. The van der Waals surface area contributed by atoms with Crippen LogP contribution in [0.1, 0.15) is 44.0 Å². The smallest absolute Gasteiger partial charge is 0.251 e. The SMILES string of the molecule is CC(C)S(=O)c1ccc(C(=O)NC(C)(CO)C2CC2)cc1. The maximum Gasteiger partial charge on any atom is 0.251 e. The Morgan fingerprint density at radius 3 is 2.38 bits per heavy atom. The Morgan fingerprint density at radius 2 is 1.95 bits per heavy atom. The van der Waals surface area contributed by atoms with Gasteiger partial charge >= 0.3 is 0 Å². The van der Waals surface area contributed by atoms with Crippen molar-refractivity contribution < 1.29 is 14.1 Å². The third kappa shape index (κ3) is 3.71. The molecule has 0 aromatic heterocycles. The van der Waals surface area contributed by atoms with Crippen molar-refractivity contribution in [2.45, 2.75) is 49.3 Å². The number of aliphatic hydroxyl groups is 1. The Labute approximate surface area is 128 Å². The van der Waals surface area contributed by atoms with Gasteiger partial charge in [0.2, 0.25) is 0 Å². The summed E-state index contributed by atoms with van der Waals surface area (Å²) in [6, 6.07) is 6.85. The van der Waals surface area contributed by atoms with E-state index in [0.717, 1.165) is 17.7 Å². The zero-order chi connectivity index (χ0) is 15.6. The highest BCUT2D eigenvalue weighted by Gasteiger charge is 2.42. The lowest BCUT2D eigenvalue weighted by Gasteiger charge is -2.28. The minimum atomic E-state index is -1.05.